The minimum Gasteiger partial charge on any atom is -0.494 e. The summed E-state index contributed by atoms with van der Waals surface area (Å²) < 4.78 is 21.1. The van der Waals surface area contributed by atoms with Gasteiger partial charge in [0.2, 0.25) is 0 Å². The van der Waals surface area contributed by atoms with Gasteiger partial charge >= 0.3 is 5.97 Å². The summed E-state index contributed by atoms with van der Waals surface area (Å²) in [5.41, 5.74) is 2.66. The number of ether oxygens (including phenoxy) is 4. The quantitative estimate of drug-likeness (QED) is 0.369. The summed E-state index contributed by atoms with van der Waals surface area (Å²) >= 11 is 0. The van der Waals surface area contributed by atoms with Crippen molar-refractivity contribution in [2.24, 2.45) is 0 Å². The van der Waals surface area contributed by atoms with Crippen LogP contribution in [0.25, 0.3) is 11.1 Å². The van der Waals surface area contributed by atoms with E-state index in [-0.39, 0.29) is 5.97 Å². The number of carbonyl (C=O) groups is 1. The summed E-state index contributed by atoms with van der Waals surface area (Å²) in [5, 5.41) is 0. The molecule has 0 radical (unpaired) electrons. The van der Waals surface area contributed by atoms with E-state index in [9.17, 15) is 4.79 Å². The van der Waals surface area contributed by atoms with Crippen LogP contribution in [0.15, 0.2) is 48.5 Å². The average Bonchev–Trinajstić information content (AvgIpc) is 3.52. The van der Waals surface area contributed by atoms with E-state index in [1.807, 2.05) is 36.4 Å². The Morgan fingerprint density at radius 3 is 2.23 bits per heavy atom. The Labute approximate surface area is 153 Å². The average molecular weight is 356 g/mol. The van der Waals surface area contributed by atoms with Crippen LogP contribution in [-0.4, -0.2) is 45.6 Å². The highest BCUT2D eigenvalue weighted by molar-refractivity contribution is 5.89. The van der Waals surface area contributed by atoms with Gasteiger partial charge in [-0.25, -0.2) is 4.79 Å². The zero-order chi connectivity index (χ0) is 18.2. The van der Waals surface area contributed by atoms with E-state index in [4.69, 9.17) is 18.9 Å². The zero-order valence-electron chi connectivity index (χ0n) is 15.0. The molecule has 0 bridgehead atoms. The number of esters is 1. The normalized spacial score (nSPS) is 15.5. The number of methoxy groups -OCH3 is 1. The van der Waals surface area contributed by atoms with Gasteiger partial charge in [0.05, 0.1) is 32.5 Å². The van der Waals surface area contributed by atoms with E-state index in [1.54, 1.807) is 12.1 Å². The molecule has 1 fully saturated rings. The Balaban J connectivity index is 1.40. The SMILES string of the molecule is COC(=O)c1ccc(-c2ccc(OCCCCOCC3CO3)cc2)cc1. The second-order valence-electron chi connectivity index (χ2n) is 6.18. The summed E-state index contributed by atoms with van der Waals surface area (Å²) in [7, 11) is 1.38. The minimum atomic E-state index is -0.327. The van der Waals surface area contributed by atoms with Crippen molar-refractivity contribution in [3.05, 3.63) is 54.1 Å². The summed E-state index contributed by atoms with van der Waals surface area (Å²) in [6, 6.07) is 15.3. The van der Waals surface area contributed by atoms with Gasteiger partial charge in [0, 0.05) is 6.61 Å². The molecule has 5 nitrogen and oxygen atoms in total. The monoisotopic (exact) mass is 356 g/mol. The summed E-state index contributed by atoms with van der Waals surface area (Å²) in [4.78, 5) is 11.5. The molecular formula is C21H24O5. The second-order valence-corrected chi connectivity index (χ2v) is 6.18. The van der Waals surface area contributed by atoms with E-state index in [0.717, 1.165) is 42.9 Å². The fourth-order valence-corrected chi connectivity index (χ4v) is 2.54. The topological polar surface area (TPSA) is 57.3 Å². The van der Waals surface area contributed by atoms with Gasteiger partial charge in [-0.3, -0.25) is 0 Å². The fraction of sp³-hybridized carbons (Fsp3) is 0.381. The molecule has 138 valence electrons. The van der Waals surface area contributed by atoms with Crippen LogP contribution in [0.2, 0.25) is 0 Å². The molecule has 1 aliphatic rings. The van der Waals surface area contributed by atoms with Crippen molar-refractivity contribution < 1.29 is 23.7 Å². The van der Waals surface area contributed by atoms with Crippen molar-refractivity contribution in [3.8, 4) is 16.9 Å². The Morgan fingerprint density at radius 2 is 1.62 bits per heavy atom. The highest BCUT2D eigenvalue weighted by atomic mass is 16.6. The molecular weight excluding hydrogens is 332 g/mol. The highest BCUT2D eigenvalue weighted by Gasteiger charge is 2.21. The molecule has 2 aromatic carbocycles. The molecule has 1 unspecified atom stereocenters. The Bertz CT molecular complexity index is 689. The molecule has 0 amide bonds. The summed E-state index contributed by atoms with van der Waals surface area (Å²) in [6.07, 6.45) is 2.28. The maximum Gasteiger partial charge on any atom is 0.337 e. The molecule has 1 heterocycles. The van der Waals surface area contributed by atoms with Crippen LogP contribution in [0.5, 0.6) is 5.75 Å². The highest BCUT2D eigenvalue weighted by Crippen LogP contribution is 2.23. The smallest absolute Gasteiger partial charge is 0.337 e. The standard InChI is InChI=1S/C21H24O5/c1-23-21(22)18-6-4-16(5-7-18)17-8-10-19(11-9-17)25-13-3-2-12-24-14-20-15-26-20/h4-11,20H,2-3,12-15H2,1H3. The molecule has 0 aromatic heterocycles. The van der Waals surface area contributed by atoms with Crippen LogP contribution < -0.4 is 4.74 Å². The predicted molar refractivity (Wildman–Crippen MR) is 98.5 cm³/mol. The van der Waals surface area contributed by atoms with Gasteiger partial charge in [0.15, 0.2) is 0 Å². The Hall–Kier alpha value is -2.37. The first-order valence-electron chi connectivity index (χ1n) is 8.87. The summed E-state index contributed by atoms with van der Waals surface area (Å²) in [6.45, 7) is 2.98. The number of hydrogen-bond acceptors (Lipinski definition) is 5. The lowest BCUT2D eigenvalue weighted by Crippen LogP contribution is -2.04. The van der Waals surface area contributed by atoms with Crippen molar-refractivity contribution in [2.45, 2.75) is 18.9 Å². The number of rotatable bonds is 10. The lowest BCUT2D eigenvalue weighted by Gasteiger charge is -2.08. The molecule has 0 spiro atoms. The van der Waals surface area contributed by atoms with Crippen molar-refractivity contribution in [2.75, 3.05) is 33.5 Å². The number of benzene rings is 2. The van der Waals surface area contributed by atoms with Gasteiger partial charge in [-0.1, -0.05) is 24.3 Å². The molecule has 0 N–H and O–H groups in total. The molecule has 1 atom stereocenters. The van der Waals surface area contributed by atoms with E-state index < -0.39 is 0 Å². The first kappa shape index (κ1) is 18.4. The number of unbranched alkanes of at least 4 members (excludes halogenated alkanes) is 1. The van der Waals surface area contributed by atoms with Crippen LogP contribution in [-0.2, 0) is 14.2 Å². The van der Waals surface area contributed by atoms with Crippen LogP contribution in [0, 0.1) is 0 Å². The van der Waals surface area contributed by atoms with E-state index >= 15 is 0 Å². The van der Waals surface area contributed by atoms with Crippen molar-refractivity contribution in [1.29, 1.82) is 0 Å². The van der Waals surface area contributed by atoms with Crippen LogP contribution in [0.1, 0.15) is 23.2 Å². The molecule has 2 aromatic rings. The molecule has 0 aliphatic carbocycles. The Morgan fingerprint density at radius 1 is 1.00 bits per heavy atom. The van der Waals surface area contributed by atoms with Gasteiger partial charge in [-0.05, 0) is 48.2 Å². The van der Waals surface area contributed by atoms with Crippen molar-refractivity contribution in [1.82, 2.24) is 0 Å². The van der Waals surface area contributed by atoms with Crippen LogP contribution in [0.3, 0.4) is 0 Å². The van der Waals surface area contributed by atoms with E-state index in [1.165, 1.54) is 7.11 Å². The third-order valence-corrected chi connectivity index (χ3v) is 4.15. The molecule has 5 heteroatoms. The second kappa shape index (κ2) is 9.36. The maximum absolute atomic E-state index is 11.5. The molecule has 0 saturated carbocycles. The lowest BCUT2D eigenvalue weighted by molar-refractivity contribution is 0.0601. The van der Waals surface area contributed by atoms with E-state index in [2.05, 4.69) is 0 Å². The minimum absolute atomic E-state index is 0.327. The third-order valence-electron chi connectivity index (χ3n) is 4.15. The lowest BCUT2D eigenvalue weighted by atomic mass is 10.0. The van der Waals surface area contributed by atoms with Gasteiger partial charge in [-0.15, -0.1) is 0 Å². The number of carbonyl (C=O) groups excluding carboxylic acids is 1. The van der Waals surface area contributed by atoms with Crippen LogP contribution >= 0.6 is 0 Å². The number of hydrogen-bond donors (Lipinski definition) is 0. The first-order chi connectivity index (χ1) is 12.8. The molecule has 3 rings (SSSR count). The van der Waals surface area contributed by atoms with Gasteiger partial charge < -0.3 is 18.9 Å². The van der Waals surface area contributed by atoms with Crippen molar-refractivity contribution in [3.63, 3.8) is 0 Å². The third kappa shape index (κ3) is 5.58. The molecule has 1 aliphatic heterocycles. The van der Waals surface area contributed by atoms with Crippen LogP contribution in [0.4, 0.5) is 0 Å². The first-order valence-corrected chi connectivity index (χ1v) is 8.87. The summed E-state index contributed by atoms with van der Waals surface area (Å²) in [5.74, 6) is 0.527. The van der Waals surface area contributed by atoms with E-state index in [0.29, 0.717) is 24.9 Å². The fourth-order valence-electron chi connectivity index (χ4n) is 2.54. The largest absolute Gasteiger partial charge is 0.494 e. The van der Waals surface area contributed by atoms with Gasteiger partial charge in [0.1, 0.15) is 11.9 Å². The Kier molecular flexibility index (Phi) is 6.63. The molecule has 1 saturated heterocycles. The van der Waals surface area contributed by atoms with Crippen molar-refractivity contribution >= 4 is 5.97 Å². The maximum atomic E-state index is 11.5. The molecule has 26 heavy (non-hydrogen) atoms. The van der Waals surface area contributed by atoms with Gasteiger partial charge in [-0.2, -0.15) is 0 Å². The van der Waals surface area contributed by atoms with Gasteiger partial charge in [0.25, 0.3) is 0 Å². The number of epoxide rings is 1. The zero-order valence-corrected chi connectivity index (χ0v) is 15.0. The predicted octanol–water partition coefficient (Wildman–Crippen LogP) is 3.71.